The molecule has 4 nitrogen and oxygen atoms in total. The van der Waals surface area contributed by atoms with Gasteiger partial charge in [0.25, 0.3) is 0 Å². The van der Waals surface area contributed by atoms with Gasteiger partial charge >= 0.3 is 0 Å². The minimum absolute atomic E-state index is 0.283. The third-order valence-electron chi connectivity index (χ3n) is 3.02. The molecular weight excluding hydrogens is 290 g/mol. The van der Waals surface area contributed by atoms with Crippen LogP contribution in [0, 0.1) is 0 Å². The van der Waals surface area contributed by atoms with E-state index in [0.717, 1.165) is 22.9 Å². The van der Waals surface area contributed by atoms with Crippen LogP contribution in [0.1, 0.15) is 11.3 Å². The number of rotatable bonds is 8. The summed E-state index contributed by atoms with van der Waals surface area (Å²) in [5.41, 5.74) is 1.16. The number of likely N-dealkylation sites (N-methyl/N-ethyl adjacent to an activating group) is 1. The highest BCUT2D eigenvalue weighted by Gasteiger charge is 2.09. The van der Waals surface area contributed by atoms with Crippen LogP contribution in [0.15, 0.2) is 47.1 Å². The minimum Gasteiger partial charge on any atom is -0.467 e. The lowest BCUT2D eigenvalue weighted by Gasteiger charge is -2.20. The van der Waals surface area contributed by atoms with E-state index in [1.165, 1.54) is 0 Å². The highest BCUT2D eigenvalue weighted by atomic mass is 35.5. The molecule has 0 fully saturated rings. The topological polar surface area (TPSA) is 45.8 Å². The molecule has 1 unspecified atom stereocenters. The predicted octanol–water partition coefficient (Wildman–Crippen LogP) is 2.94. The molecule has 0 aliphatic carbocycles. The van der Waals surface area contributed by atoms with E-state index < -0.39 is 6.10 Å². The van der Waals surface area contributed by atoms with Crippen molar-refractivity contribution in [2.45, 2.75) is 19.3 Å². The second-order valence-electron chi connectivity index (χ2n) is 5.07. The SMILES string of the molecule is CN(Cc1ccc(Cl)cc1)CC(O)COCc1ccco1. The van der Waals surface area contributed by atoms with Gasteiger partial charge in [-0.05, 0) is 36.9 Å². The van der Waals surface area contributed by atoms with Crippen molar-refractivity contribution < 1.29 is 14.3 Å². The van der Waals surface area contributed by atoms with Gasteiger partial charge in [-0.3, -0.25) is 4.90 Å². The normalized spacial score (nSPS) is 12.8. The Bertz CT molecular complexity index is 513. The molecule has 0 bridgehead atoms. The quantitative estimate of drug-likeness (QED) is 0.814. The van der Waals surface area contributed by atoms with Crippen LogP contribution < -0.4 is 0 Å². The van der Waals surface area contributed by atoms with Crippen LogP contribution in [0.2, 0.25) is 5.02 Å². The van der Waals surface area contributed by atoms with Gasteiger partial charge in [0, 0.05) is 18.1 Å². The first-order valence-corrected chi connectivity index (χ1v) is 7.22. The first-order valence-electron chi connectivity index (χ1n) is 6.84. The summed E-state index contributed by atoms with van der Waals surface area (Å²) in [5, 5.41) is 10.7. The van der Waals surface area contributed by atoms with Crippen LogP contribution in [0.5, 0.6) is 0 Å². The second-order valence-corrected chi connectivity index (χ2v) is 5.51. The van der Waals surface area contributed by atoms with Crippen molar-refractivity contribution in [2.24, 2.45) is 0 Å². The summed E-state index contributed by atoms with van der Waals surface area (Å²) >= 11 is 5.85. The van der Waals surface area contributed by atoms with E-state index in [9.17, 15) is 5.11 Å². The number of aliphatic hydroxyl groups is 1. The van der Waals surface area contributed by atoms with E-state index in [1.807, 2.05) is 48.3 Å². The van der Waals surface area contributed by atoms with E-state index in [4.69, 9.17) is 20.8 Å². The van der Waals surface area contributed by atoms with E-state index in [1.54, 1.807) is 6.26 Å². The van der Waals surface area contributed by atoms with Crippen LogP contribution in [0.4, 0.5) is 0 Å². The number of nitrogens with zero attached hydrogens (tertiary/aromatic N) is 1. The molecule has 5 heteroatoms. The van der Waals surface area contributed by atoms with E-state index in [2.05, 4.69) is 0 Å². The van der Waals surface area contributed by atoms with Crippen LogP contribution in [-0.4, -0.2) is 36.3 Å². The maximum Gasteiger partial charge on any atom is 0.129 e. The Morgan fingerprint density at radius 3 is 2.71 bits per heavy atom. The van der Waals surface area contributed by atoms with Gasteiger partial charge in [0.15, 0.2) is 0 Å². The molecule has 0 aliphatic heterocycles. The maximum atomic E-state index is 9.95. The Morgan fingerprint density at radius 2 is 2.05 bits per heavy atom. The Hall–Kier alpha value is -1.33. The second kappa shape index (κ2) is 8.20. The van der Waals surface area contributed by atoms with Crippen molar-refractivity contribution in [1.82, 2.24) is 4.90 Å². The Morgan fingerprint density at radius 1 is 1.29 bits per heavy atom. The lowest BCUT2D eigenvalue weighted by molar-refractivity contribution is 0.00768. The zero-order valence-electron chi connectivity index (χ0n) is 12.0. The summed E-state index contributed by atoms with van der Waals surface area (Å²) in [6.45, 7) is 1.96. The van der Waals surface area contributed by atoms with Crippen LogP contribution in [0.25, 0.3) is 0 Å². The number of furan rings is 1. The highest BCUT2D eigenvalue weighted by Crippen LogP contribution is 2.11. The first-order chi connectivity index (χ1) is 10.1. The molecule has 1 aromatic heterocycles. The summed E-state index contributed by atoms with van der Waals surface area (Å²) in [5.74, 6) is 0.761. The van der Waals surface area contributed by atoms with Crippen molar-refractivity contribution in [3.05, 3.63) is 59.0 Å². The molecule has 2 rings (SSSR count). The fraction of sp³-hybridized carbons (Fsp3) is 0.375. The third-order valence-corrected chi connectivity index (χ3v) is 3.27. The van der Waals surface area contributed by atoms with Crippen LogP contribution in [-0.2, 0) is 17.9 Å². The van der Waals surface area contributed by atoms with Gasteiger partial charge in [0.2, 0.25) is 0 Å². The zero-order chi connectivity index (χ0) is 15.1. The first kappa shape index (κ1) is 16.0. The van der Waals surface area contributed by atoms with E-state index in [0.29, 0.717) is 13.2 Å². The average Bonchev–Trinajstić information content (AvgIpc) is 2.94. The molecule has 0 saturated heterocycles. The van der Waals surface area contributed by atoms with Crippen molar-refractivity contribution >= 4 is 11.6 Å². The van der Waals surface area contributed by atoms with Gasteiger partial charge < -0.3 is 14.3 Å². The summed E-state index contributed by atoms with van der Waals surface area (Å²) < 4.78 is 10.6. The number of halogens is 1. The molecule has 1 N–H and O–H groups in total. The Kier molecular flexibility index (Phi) is 6.26. The number of hydrogen-bond acceptors (Lipinski definition) is 4. The molecule has 1 atom stereocenters. The molecule has 2 aromatic rings. The molecule has 21 heavy (non-hydrogen) atoms. The van der Waals surface area contributed by atoms with Crippen LogP contribution in [0.3, 0.4) is 0 Å². The monoisotopic (exact) mass is 309 g/mol. The van der Waals surface area contributed by atoms with Crippen molar-refractivity contribution in [2.75, 3.05) is 20.2 Å². The number of hydrogen-bond donors (Lipinski definition) is 1. The number of aliphatic hydroxyl groups excluding tert-OH is 1. The largest absolute Gasteiger partial charge is 0.467 e. The molecular formula is C16H20ClNO3. The van der Waals surface area contributed by atoms with Crippen molar-refractivity contribution in [3.8, 4) is 0 Å². The fourth-order valence-electron chi connectivity index (χ4n) is 2.07. The van der Waals surface area contributed by atoms with Gasteiger partial charge in [0.1, 0.15) is 12.4 Å². The smallest absolute Gasteiger partial charge is 0.129 e. The van der Waals surface area contributed by atoms with E-state index >= 15 is 0 Å². The van der Waals surface area contributed by atoms with E-state index in [-0.39, 0.29) is 6.61 Å². The average molecular weight is 310 g/mol. The standard InChI is InChI=1S/C16H20ClNO3/c1-18(9-13-4-6-14(17)7-5-13)10-15(19)11-20-12-16-3-2-8-21-16/h2-8,15,19H,9-12H2,1H3. The van der Waals surface area contributed by atoms with Gasteiger partial charge in [0.05, 0.1) is 19.0 Å². The fourth-order valence-corrected chi connectivity index (χ4v) is 2.19. The molecule has 0 spiro atoms. The van der Waals surface area contributed by atoms with Gasteiger partial charge in [-0.25, -0.2) is 0 Å². The summed E-state index contributed by atoms with van der Waals surface area (Å²) in [6, 6.07) is 11.4. The zero-order valence-corrected chi connectivity index (χ0v) is 12.8. The number of ether oxygens (including phenoxy) is 1. The lowest BCUT2D eigenvalue weighted by atomic mass is 10.2. The third kappa shape index (κ3) is 5.89. The molecule has 0 radical (unpaired) electrons. The summed E-state index contributed by atoms with van der Waals surface area (Å²) in [6.07, 6.45) is 1.08. The summed E-state index contributed by atoms with van der Waals surface area (Å²) in [7, 11) is 1.96. The maximum absolute atomic E-state index is 9.95. The molecule has 0 amide bonds. The molecule has 114 valence electrons. The molecule has 0 saturated carbocycles. The van der Waals surface area contributed by atoms with Crippen LogP contribution >= 0.6 is 11.6 Å². The Balaban J connectivity index is 1.66. The highest BCUT2D eigenvalue weighted by molar-refractivity contribution is 6.30. The van der Waals surface area contributed by atoms with Crippen molar-refractivity contribution in [1.29, 1.82) is 0 Å². The van der Waals surface area contributed by atoms with Gasteiger partial charge in [-0.15, -0.1) is 0 Å². The lowest BCUT2D eigenvalue weighted by Crippen LogP contribution is -2.31. The molecule has 1 heterocycles. The van der Waals surface area contributed by atoms with Crippen molar-refractivity contribution in [3.63, 3.8) is 0 Å². The van der Waals surface area contributed by atoms with Gasteiger partial charge in [-0.2, -0.15) is 0 Å². The minimum atomic E-state index is -0.530. The molecule has 1 aromatic carbocycles. The summed E-state index contributed by atoms with van der Waals surface area (Å²) in [4.78, 5) is 2.05. The molecule has 0 aliphatic rings. The number of benzene rings is 1. The Labute approximate surface area is 129 Å². The predicted molar refractivity (Wildman–Crippen MR) is 82.2 cm³/mol. The van der Waals surface area contributed by atoms with Gasteiger partial charge in [-0.1, -0.05) is 23.7 Å².